The SMILES string of the molecule is CCOC(=O)c1n[nH]nc1-c1ccc(-c2nnc(C)o2)cc1. The maximum absolute atomic E-state index is 11.8. The Hall–Kier alpha value is -3.03. The van der Waals surface area contributed by atoms with Crippen LogP contribution in [-0.2, 0) is 4.74 Å². The van der Waals surface area contributed by atoms with Gasteiger partial charge in [0.1, 0.15) is 5.69 Å². The lowest BCUT2D eigenvalue weighted by Crippen LogP contribution is -2.06. The lowest BCUT2D eigenvalue weighted by molar-refractivity contribution is 0.0520. The van der Waals surface area contributed by atoms with Gasteiger partial charge in [-0.2, -0.15) is 10.3 Å². The maximum Gasteiger partial charge on any atom is 0.361 e. The Morgan fingerprint density at radius 3 is 2.55 bits per heavy atom. The van der Waals surface area contributed by atoms with Gasteiger partial charge < -0.3 is 9.15 Å². The van der Waals surface area contributed by atoms with Crippen LogP contribution in [0.1, 0.15) is 23.3 Å². The first-order chi connectivity index (χ1) is 10.7. The van der Waals surface area contributed by atoms with Gasteiger partial charge in [0.15, 0.2) is 5.69 Å². The number of carbonyl (C=O) groups is 1. The number of esters is 1. The summed E-state index contributed by atoms with van der Waals surface area (Å²) in [7, 11) is 0. The van der Waals surface area contributed by atoms with Gasteiger partial charge in [0.25, 0.3) is 0 Å². The number of benzene rings is 1. The molecule has 0 atom stereocenters. The van der Waals surface area contributed by atoms with Crippen molar-refractivity contribution in [2.24, 2.45) is 0 Å². The lowest BCUT2D eigenvalue weighted by Gasteiger charge is -2.02. The molecule has 3 aromatic rings. The first-order valence-corrected chi connectivity index (χ1v) is 6.68. The van der Waals surface area contributed by atoms with Gasteiger partial charge in [-0.25, -0.2) is 4.79 Å². The van der Waals surface area contributed by atoms with Gasteiger partial charge in [0.2, 0.25) is 11.8 Å². The van der Waals surface area contributed by atoms with Gasteiger partial charge in [-0.05, 0) is 19.1 Å². The van der Waals surface area contributed by atoms with Crippen LogP contribution >= 0.6 is 0 Å². The molecule has 112 valence electrons. The molecule has 1 aromatic carbocycles. The second-order valence-electron chi connectivity index (χ2n) is 4.44. The number of aryl methyl sites for hydroxylation is 1. The van der Waals surface area contributed by atoms with E-state index in [-0.39, 0.29) is 12.3 Å². The highest BCUT2D eigenvalue weighted by Gasteiger charge is 2.19. The third-order valence-corrected chi connectivity index (χ3v) is 2.95. The molecule has 2 heterocycles. The average molecular weight is 299 g/mol. The number of nitrogens with zero attached hydrogens (tertiary/aromatic N) is 4. The molecular formula is C14H13N5O3. The van der Waals surface area contributed by atoms with E-state index in [4.69, 9.17) is 9.15 Å². The van der Waals surface area contributed by atoms with Crippen LogP contribution in [0.15, 0.2) is 28.7 Å². The average Bonchev–Trinajstić information content (AvgIpc) is 3.16. The smallest absolute Gasteiger partial charge is 0.361 e. The largest absolute Gasteiger partial charge is 0.461 e. The van der Waals surface area contributed by atoms with Crippen LogP contribution in [0.3, 0.4) is 0 Å². The van der Waals surface area contributed by atoms with Gasteiger partial charge in [-0.3, -0.25) is 0 Å². The third-order valence-electron chi connectivity index (χ3n) is 2.95. The van der Waals surface area contributed by atoms with E-state index in [1.807, 2.05) is 12.1 Å². The predicted octanol–water partition coefficient (Wildman–Crippen LogP) is 2.01. The van der Waals surface area contributed by atoms with Crippen molar-refractivity contribution in [1.82, 2.24) is 25.6 Å². The number of H-pyrrole nitrogens is 1. The lowest BCUT2D eigenvalue weighted by atomic mass is 10.1. The van der Waals surface area contributed by atoms with Crippen molar-refractivity contribution in [2.45, 2.75) is 13.8 Å². The van der Waals surface area contributed by atoms with Gasteiger partial charge in [-0.1, -0.05) is 12.1 Å². The van der Waals surface area contributed by atoms with Gasteiger partial charge in [-0.15, -0.1) is 15.3 Å². The van der Waals surface area contributed by atoms with E-state index in [2.05, 4.69) is 25.6 Å². The fourth-order valence-corrected chi connectivity index (χ4v) is 1.96. The number of hydrogen-bond donors (Lipinski definition) is 1. The molecule has 0 aliphatic rings. The standard InChI is InChI=1S/C14H13N5O3/c1-3-21-14(20)12-11(16-19-17-12)9-4-6-10(7-5-9)13-18-15-8(2)22-13/h4-7H,3H2,1-2H3,(H,16,17,19). The molecule has 3 rings (SSSR count). The van der Waals surface area contributed by atoms with Gasteiger partial charge >= 0.3 is 5.97 Å². The Balaban J connectivity index is 1.91. The quantitative estimate of drug-likeness (QED) is 0.734. The third kappa shape index (κ3) is 2.58. The first kappa shape index (κ1) is 13.9. The molecule has 0 saturated heterocycles. The summed E-state index contributed by atoms with van der Waals surface area (Å²) in [6, 6.07) is 7.22. The van der Waals surface area contributed by atoms with E-state index in [9.17, 15) is 4.79 Å². The zero-order chi connectivity index (χ0) is 15.5. The van der Waals surface area contributed by atoms with Crippen molar-refractivity contribution in [3.05, 3.63) is 35.9 Å². The van der Waals surface area contributed by atoms with Crippen LogP contribution in [-0.4, -0.2) is 38.2 Å². The molecule has 8 heteroatoms. The fourth-order valence-electron chi connectivity index (χ4n) is 1.96. The van der Waals surface area contributed by atoms with E-state index in [0.717, 1.165) is 11.1 Å². The van der Waals surface area contributed by atoms with E-state index in [1.165, 1.54) is 0 Å². The molecule has 0 amide bonds. The zero-order valence-electron chi connectivity index (χ0n) is 12.0. The molecule has 0 aliphatic heterocycles. The Bertz CT molecular complexity index is 791. The first-order valence-electron chi connectivity index (χ1n) is 6.68. The molecule has 8 nitrogen and oxygen atoms in total. The van der Waals surface area contributed by atoms with Crippen molar-refractivity contribution in [1.29, 1.82) is 0 Å². The minimum absolute atomic E-state index is 0.156. The van der Waals surface area contributed by atoms with Crippen molar-refractivity contribution < 1.29 is 13.9 Å². The molecule has 1 N–H and O–H groups in total. The van der Waals surface area contributed by atoms with E-state index < -0.39 is 5.97 Å². The highest BCUT2D eigenvalue weighted by atomic mass is 16.5. The van der Waals surface area contributed by atoms with Gasteiger partial charge in [0.05, 0.1) is 6.61 Å². The minimum atomic E-state index is -0.511. The van der Waals surface area contributed by atoms with Crippen LogP contribution in [0.5, 0.6) is 0 Å². The van der Waals surface area contributed by atoms with Crippen molar-refractivity contribution in [2.75, 3.05) is 6.61 Å². The second kappa shape index (κ2) is 5.76. The van der Waals surface area contributed by atoms with Crippen LogP contribution in [0, 0.1) is 6.92 Å². The van der Waals surface area contributed by atoms with Crippen LogP contribution in [0.25, 0.3) is 22.7 Å². The van der Waals surface area contributed by atoms with Crippen LogP contribution in [0.2, 0.25) is 0 Å². The molecule has 2 aromatic heterocycles. The molecule has 0 spiro atoms. The summed E-state index contributed by atoms with van der Waals surface area (Å²) >= 11 is 0. The summed E-state index contributed by atoms with van der Waals surface area (Å²) < 4.78 is 10.3. The van der Waals surface area contributed by atoms with E-state index in [0.29, 0.717) is 17.5 Å². The van der Waals surface area contributed by atoms with Crippen LogP contribution < -0.4 is 0 Å². The number of rotatable bonds is 4. The Morgan fingerprint density at radius 2 is 1.91 bits per heavy atom. The predicted molar refractivity (Wildman–Crippen MR) is 75.8 cm³/mol. The van der Waals surface area contributed by atoms with Gasteiger partial charge in [0, 0.05) is 18.1 Å². The second-order valence-corrected chi connectivity index (χ2v) is 4.44. The number of nitrogens with one attached hydrogen (secondary N) is 1. The molecule has 0 radical (unpaired) electrons. The summed E-state index contributed by atoms with van der Waals surface area (Å²) in [4.78, 5) is 11.8. The topological polar surface area (TPSA) is 107 Å². The monoisotopic (exact) mass is 299 g/mol. The van der Waals surface area contributed by atoms with Crippen molar-refractivity contribution >= 4 is 5.97 Å². The van der Waals surface area contributed by atoms with E-state index in [1.54, 1.807) is 26.0 Å². The molecule has 0 saturated carbocycles. The summed E-state index contributed by atoms with van der Waals surface area (Å²) in [6.45, 7) is 3.74. The molecule has 0 fully saturated rings. The number of ether oxygens (including phenoxy) is 1. The summed E-state index contributed by atoms with van der Waals surface area (Å²) in [5, 5.41) is 18.0. The summed E-state index contributed by atoms with van der Waals surface area (Å²) in [5.41, 5.74) is 2.11. The number of hydrogen-bond acceptors (Lipinski definition) is 7. The Labute approximate surface area is 125 Å². The Morgan fingerprint density at radius 1 is 1.18 bits per heavy atom. The molecule has 0 unspecified atom stereocenters. The summed E-state index contributed by atoms with van der Waals surface area (Å²) in [5.74, 6) is 0.429. The zero-order valence-corrected chi connectivity index (χ0v) is 12.0. The number of carbonyl (C=O) groups excluding carboxylic acids is 1. The van der Waals surface area contributed by atoms with Crippen molar-refractivity contribution in [3.63, 3.8) is 0 Å². The highest BCUT2D eigenvalue weighted by molar-refractivity contribution is 5.93. The normalized spacial score (nSPS) is 10.6. The highest BCUT2D eigenvalue weighted by Crippen LogP contribution is 2.24. The molecule has 0 aliphatic carbocycles. The Kier molecular flexibility index (Phi) is 3.65. The molecule has 22 heavy (non-hydrogen) atoms. The maximum atomic E-state index is 11.8. The van der Waals surface area contributed by atoms with Crippen molar-refractivity contribution in [3.8, 4) is 22.7 Å². The van der Waals surface area contributed by atoms with E-state index >= 15 is 0 Å². The fraction of sp³-hybridized carbons (Fsp3) is 0.214. The molecule has 0 bridgehead atoms. The van der Waals surface area contributed by atoms with Crippen LogP contribution in [0.4, 0.5) is 0 Å². The number of aromatic amines is 1. The summed E-state index contributed by atoms with van der Waals surface area (Å²) in [6.07, 6.45) is 0. The molecular weight excluding hydrogens is 286 g/mol. The number of aromatic nitrogens is 5. The minimum Gasteiger partial charge on any atom is -0.461 e.